The van der Waals surface area contributed by atoms with Crippen LogP contribution in [0.4, 0.5) is 10.3 Å². The first-order valence-corrected chi connectivity index (χ1v) is 4.82. The summed E-state index contributed by atoms with van der Waals surface area (Å²) in [5, 5.41) is 12.4. The monoisotopic (exact) mass is 256 g/mol. The Kier molecular flexibility index (Phi) is 2.72. The maximum Gasteiger partial charge on any atom is 0.358 e. The van der Waals surface area contributed by atoms with Crippen molar-refractivity contribution in [3.63, 3.8) is 0 Å². The average molecular weight is 257 g/mol. The summed E-state index contributed by atoms with van der Waals surface area (Å²) < 4.78 is 18.1. The van der Waals surface area contributed by atoms with Crippen molar-refractivity contribution < 1.29 is 18.8 Å². The van der Waals surface area contributed by atoms with Gasteiger partial charge in [0.15, 0.2) is 0 Å². The van der Waals surface area contributed by atoms with Crippen LogP contribution in [0.3, 0.4) is 0 Å². The Morgan fingerprint density at radius 1 is 1.53 bits per heavy atom. The molecule has 0 saturated carbocycles. The Hall–Kier alpha value is -2.08. The summed E-state index contributed by atoms with van der Waals surface area (Å²) in [6, 6.07) is 3.70. The molecule has 0 bridgehead atoms. The molecule has 17 heavy (non-hydrogen) atoms. The maximum atomic E-state index is 13.6. The molecule has 0 atom stereocenters. The van der Waals surface area contributed by atoms with E-state index in [1.54, 1.807) is 0 Å². The predicted octanol–water partition coefficient (Wildman–Crippen LogP) is 2.41. The third-order valence-corrected chi connectivity index (χ3v) is 2.35. The third kappa shape index (κ3) is 1.94. The minimum absolute atomic E-state index is 0.0614. The average Bonchev–Trinajstić information content (AvgIpc) is 2.64. The number of benzene rings is 1. The van der Waals surface area contributed by atoms with Crippen molar-refractivity contribution in [2.24, 2.45) is 0 Å². The summed E-state index contributed by atoms with van der Waals surface area (Å²) in [5.74, 6) is -2.30. The van der Waals surface area contributed by atoms with Gasteiger partial charge < -0.3 is 15.4 Å². The third-order valence-electron chi connectivity index (χ3n) is 2.12. The van der Waals surface area contributed by atoms with Crippen LogP contribution >= 0.6 is 11.6 Å². The van der Waals surface area contributed by atoms with E-state index in [0.717, 1.165) is 6.07 Å². The quantitative estimate of drug-likeness (QED) is 0.861. The number of carbonyl (C=O) groups is 1. The largest absolute Gasteiger partial charge is 0.476 e. The fraction of sp³-hybridized carbons (Fsp3) is 0. The molecule has 0 amide bonds. The fourth-order valence-corrected chi connectivity index (χ4v) is 1.57. The molecule has 5 nitrogen and oxygen atoms in total. The van der Waals surface area contributed by atoms with Crippen LogP contribution in [0.2, 0.25) is 5.02 Å². The van der Waals surface area contributed by atoms with Crippen molar-refractivity contribution in [3.8, 4) is 11.1 Å². The Balaban J connectivity index is 2.71. The van der Waals surface area contributed by atoms with Gasteiger partial charge in [-0.3, -0.25) is 0 Å². The molecule has 1 aromatic carbocycles. The minimum Gasteiger partial charge on any atom is -0.476 e. The molecule has 2 aromatic rings. The van der Waals surface area contributed by atoms with Gasteiger partial charge in [-0.1, -0.05) is 16.8 Å². The van der Waals surface area contributed by atoms with E-state index in [0.29, 0.717) is 0 Å². The lowest BCUT2D eigenvalue weighted by Crippen LogP contribution is -2.00. The Bertz CT molecular complexity index is 597. The molecule has 7 heteroatoms. The number of hydrogen-bond acceptors (Lipinski definition) is 4. The van der Waals surface area contributed by atoms with E-state index in [2.05, 4.69) is 9.68 Å². The summed E-state index contributed by atoms with van der Waals surface area (Å²) in [6.07, 6.45) is 0. The second kappa shape index (κ2) is 4.06. The number of carboxylic acids is 1. The van der Waals surface area contributed by atoms with Crippen molar-refractivity contribution >= 4 is 23.5 Å². The molecule has 0 aliphatic heterocycles. The van der Waals surface area contributed by atoms with E-state index in [9.17, 15) is 9.18 Å². The smallest absolute Gasteiger partial charge is 0.358 e. The zero-order valence-electron chi connectivity index (χ0n) is 8.28. The van der Waals surface area contributed by atoms with Crippen LogP contribution < -0.4 is 5.73 Å². The molecular formula is C10H6ClFN2O3. The van der Waals surface area contributed by atoms with E-state index in [1.165, 1.54) is 12.1 Å². The molecule has 88 valence electrons. The number of rotatable bonds is 2. The Labute approximate surface area is 99.6 Å². The number of halogens is 2. The van der Waals surface area contributed by atoms with Crippen LogP contribution in [-0.4, -0.2) is 16.2 Å². The summed E-state index contributed by atoms with van der Waals surface area (Å²) in [7, 11) is 0. The van der Waals surface area contributed by atoms with Gasteiger partial charge in [0.05, 0.1) is 5.56 Å². The Morgan fingerprint density at radius 2 is 2.24 bits per heavy atom. The molecule has 0 aliphatic carbocycles. The molecule has 0 saturated heterocycles. The van der Waals surface area contributed by atoms with E-state index in [4.69, 9.17) is 22.4 Å². The van der Waals surface area contributed by atoms with Gasteiger partial charge in [0, 0.05) is 10.6 Å². The lowest BCUT2D eigenvalue weighted by molar-refractivity contribution is 0.0686. The number of nitrogens with zero attached hydrogens (tertiary/aromatic N) is 1. The Morgan fingerprint density at radius 3 is 2.88 bits per heavy atom. The van der Waals surface area contributed by atoms with E-state index >= 15 is 0 Å². The predicted molar refractivity (Wildman–Crippen MR) is 58.3 cm³/mol. The zero-order chi connectivity index (χ0) is 12.6. The van der Waals surface area contributed by atoms with Crippen LogP contribution in [0.15, 0.2) is 22.7 Å². The molecule has 1 heterocycles. The minimum atomic E-state index is -1.36. The van der Waals surface area contributed by atoms with Crippen molar-refractivity contribution in [2.75, 3.05) is 5.73 Å². The van der Waals surface area contributed by atoms with Crippen molar-refractivity contribution in [1.82, 2.24) is 5.16 Å². The van der Waals surface area contributed by atoms with Crippen LogP contribution in [-0.2, 0) is 0 Å². The topological polar surface area (TPSA) is 89.4 Å². The van der Waals surface area contributed by atoms with Gasteiger partial charge in [0.25, 0.3) is 0 Å². The van der Waals surface area contributed by atoms with Gasteiger partial charge in [-0.15, -0.1) is 0 Å². The van der Waals surface area contributed by atoms with Gasteiger partial charge in [-0.05, 0) is 18.2 Å². The van der Waals surface area contributed by atoms with Crippen LogP contribution in [0, 0.1) is 5.82 Å². The lowest BCUT2D eigenvalue weighted by Gasteiger charge is -2.02. The number of aromatic nitrogens is 1. The normalized spacial score (nSPS) is 10.5. The van der Waals surface area contributed by atoms with E-state index in [-0.39, 0.29) is 22.0 Å². The maximum absolute atomic E-state index is 13.6. The van der Waals surface area contributed by atoms with E-state index < -0.39 is 17.5 Å². The van der Waals surface area contributed by atoms with Gasteiger partial charge >= 0.3 is 5.97 Å². The first kappa shape index (κ1) is 11.4. The highest BCUT2D eigenvalue weighted by atomic mass is 35.5. The second-order valence-electron chi connectivity index (χ2n) is 3.20. The molecule has 0 radical (unpaired) electrons. The number of hydrogen-bond donors (Lipinski definition) is 2. The molecule has 0 unspecified atom stereocenters. The standard InChI is InChI=1S/C10H6ClFN2O3/c11-4-1-2-6(12)5(3-4)7-8(10(15)16)14-17-9(7)13/h1-3H,13H2,(H,15,16). The molecule has 3 N–H and O–H groups in total. The number of carboxylic acid groups (broad SMARTS) is 1. The molecule has 1 aromatic heterocycles. The first-order chi connectivity index (χ1) is 8.00. The second-order valence-corrected chi connectivity index (χ2v) is 3.64. The summed E-state index contributed by atoms with van der Waals surface area (Å²) in [5.41, 5.74) is 4.80. The number of nitrogens with two attached hydrogens (primary N) is 1. The lowest BCUT2D eigenvalue weighted by atomic mass is 10.1. The highest BCUT2D eigenvalue weighted by molar-refractivity contribution is 6.30. The van der Waals surface area contributed by atoms with Gasteiger partial charge in [0.1, 0.15) is 5.82 Å². The van der Waals surface area contributed by atoms with Crippen molar-refractivity contribution in [2.45, 2.75) is 0 Å². The molecule has 2 rings (SSSR count). The van der Waals surface area contributed by atoms with E-state index in [1.807, 2.05) is 0 Å². The summed E-state index contributed by atoms with van der Waals surface area (Å²) in [6.45, 7) is 0. The van der Waals surface area contributed by atoms with Gasteiger partial charge in [0.2, 0.25) is 11.6 Å². The SMILES string of the molecule is Nc1onc(C(=O)O)c1-c1cc(Cl)ccc1F. The fourth-order valence-electron chi connectivity index (χ4n) is 1.40. The van der Waals surface area contributed by atoms with Gasteiger partial charge in [-0.25, -0.2) is 9.18 Å². The number of aromatic carboxylic acids is 1. The summed E-state index contributed by atoms with van der Waals surface area (Å²) in [4.78, 5) is 10.9. The first-order valence-electron chi connectivity index (χ1n) is 4.44. The van der Waals surface area contributed by atoms with Crippen LogP contribution in [0.5, 0.6) is 0 Å². The van der Waals surface area contributed by atoms with Crippen molar-refractivity contribution in [3.05, 3.63) is 34.7 Å². The van der Waals surface area contributed by atoms with Crippen LogP contribution in [0.1, 0.15) is 10.5 Å². The summed E-state index contributed by atoms with van der Waals surface area (Å²) >= 11 is 5.71. The number of nitrogen functional groups attached to an aromatic ring is 1. The van der Waals surface area contributed by atoms with Crippen LogP contribution in [0.25, 0.3) is 11.1 Å². The van der Waals surface area contributed by atoms with Gasteiger partial charge in [-0.2, -0.15) is 0 Å². The highest BCUT2D eigenvalue weighted by Gasteiger charge is 2.23. The molecule has 0 fully saturated rings. The molecule has 0 spiro atoms. The molecule has 0 aliphatic rings. The highest BCUT2D eigenvalue weighted by Crippen LogP contribution is 2.33. The molecular weight excluding hydrogens is 251 g/mol. The van der Waals surface area contributed by atoms with Crippen molar-refractivity contribution in [1.29, 1.82) is 0 Å². The zero-order valence-corrected chi connectivity index (χ0v) is 9.03. The number of anilines is 1.